The zero-order valence-corrected chi connectivity index (χ0v) is 15.1. The van der Waals surface area contributed by atoms with Gasteiger partial charge in [0.25, 0.3) is 0 Å². The molecule has 2 amide bonds. The van der Waals surface area contributed by atoms with Gasteiger partial charge in [-0.25, -0.2) is 0 Å². The number of halogens is 3. The highest BCUT2D eigenvalue weighted by atomic mass is 35.5. The van der Waals surface area contributed by atoms with E-state index in [0.717, 1.165) is 5.56 Å². The van der Waals surface area contributed by atoms with Crippen LogP contribution < -0.4 is 10.6 Å². The quantitative estimate of drug-likeness (QED) is 0.745. The summed E-state index contributed by atoms with van der Waals surface area (Å²) in [5.74, 6) is -0.408. The van der Waals surface area contributed by atoms with Crippen LogP contribution in [0.25, 0.3) is 0 Å². The van der Waals surface area contributed by atoms with Crippen molar-refractivity contribution < 1.29 is 9.59 Å². The number of amides is 2. The van der Waals surface area contributed by atoms with Crippen molar-refractivity contribution in [1.29, 1.82) is 0 Å². The highest BCUT2D eigenvalue weighted by molar-refractivity contribution is 6.35. The molecule has 0 bridgehead atoms. The average molecular weight is 386 g/mol. The molecule has 126 valence electrons. The molecule has 0 unspecified atom stereocenters. The Morgan fingerprint density at radius 1 is 0.958 bits per heavy atom. The maximum atomic E-state index is 12.1. The standard InChI is InChI=1S/C17H15Cl3N2O2/c1-10(23)21-13-5-6-14(19)16(9-13)22-17(24)7-3-11-2-4-12(18)8-15(11)20/h2,4-6,8-9H,3,7H2,1H3,(H,21,23)(H,22,24). The van der Waals surface area contributed by atoms with E-state index >= 15 is 0 Å². The third kappa shape index (κ3) is 5.41. The van der Waals surface area contributed by atoms with E-state index in [2.05, 4.69) is 10.6 Å². The molecule has 2 N–H and O–H groups in total. The van der Waals surface area contributed by atoms with Crippen LogP contribution >= 0.6 is 34.8 Å². The number of carbonyl (C=O) groups is 2. The van der Waals surface area contributed by atoms with Crippen LogP contribution in [0, 0.1) is 0 Å². The minimum absolute atomic E-state index is 0.202. The van der Waals surface area contributed by atoms with Gasteiger partial charge in [-0.3, -0.25) is 9.59 Å². The van der Waals surface area contributed by atoms with Crippen LogP contribution in [0.5, 0.6) is 0 Å². The second kappa shape index (κ2) is 8.38. The molecule has 0 aliphatic rings. The van der Waals surface area contributed by atoms with E-state index < -0.39 is 0 Å². The van der Waals surface area contributed by atoms with Crippen molar-refractivity contribution >= 4 is 58.0 Å². The summed E-state index contributed by atoms with van der Waals surface area (Å²) in [6, 6.07) is 10.0. The summed E-state index contributed by atoms with van der Waals surface area (Å²) in [7, 11) is 0. The van der Waals surface area contributed by atoms with E-state index in [4.69, 9.17) is 34.8 Å². The summed E-state index contributed by atoms with van der Waals surface area (Å²) in [6.07, 6.45) is 0.715. The van der Waals surface area contributed by atoms with Gasteiger partial charge in [-0.2, -0.15) is 0 Å². The van der Waals surface area contributed by atoms with Crippen LogP contribution in [-0.2, 0) is 16.0 Å². The molecular weight excluding hydrogens is 371 g/mol. The van der Waals surface area contributed by atoms with Crippen LogP contribution in [0.15, 0.2) is 36.4 Å². The summed E-state index contributed by atoms with van der Waals surface area (Å²) < 4.78 is 0. The van der Waals surface area contributed by atoms with E-state index in [1.165, 1.54) is 6.92 Å². The van der Waals surface area contributed by atoms with E-state index in [1.807, 2.05) is 0 Å². The predicted octanol–water partition coefficient (Wildman–Crippen LogP) is 5.18. The Bertz CT molecular complexity index is 778. The summed E-state index contributed by atoms with van der Waals surface area (Å²) in [5.41, 5.74) is 1.84. The van der Waals surface area contributed by atoms with E-state index in [1.54, 1.807) is 36.4 Å². The van der Waals surface area contributed by atoms with Gasteiger partial charge in [0.15, 0.2) is 0 Å². The molecule has 0 heterocycles. The topological polar surface area (TPSA) is 58.2 Å². The third-order valence-electron chi connectivity index (χ3n) is 3.20. The van der Waals surface area contributed by atoms with E-state index in [9.17, 15) is 9.59 Å². The van der Waals surface area contributed by atoms with Gasteiger partial charge in [0.2, 0.25) is 11.8 Å². The molecule has 0 atom stereocenters. The molecule has 2 rings (SSSR count). The highest BCUT2D eigenvalue weighted by Gasteiger charge is 2.09. The zero-order chi connectivity index (χ0) is 17.7. The molecule has 7 heteroatoms. The fourth-order valence-electron chi connectivity index (χ4n) is 2.09. The maximum Gasteiger partial charge on any atom is 0.224 e. The molecule has 2 aromatic carbocycles. The van der Waals surface area contributed by atoms with Gasteiger partial charge in [0, 0.05) is 29.1 Å². The van der Waals surface area contributed by atoms with Gasteiger partial charge in [0.1, 0.15) is 0 Å². The van der Waals surface area contributed by atoms with Gasteiger partial charge < -0.3 is 10.6 Å². The first-order valence-corrected chi connectivity index (χ1v) is 8.29. The van der Waals surface area contributed by atoms with Crippen molar-refractivity contribution in [2.24, 2.45) is 0 Å². The van der Waals surface area contributed by atoms with Crippen molar-refractivity contribution in [2.45, 2.75) is 19.8 Å². The molecule has 0 radical (unpaired) electrons. The average Bonchev–Trinajstić information content (AvgIpc) is 2.49. The van der Waals surface area contributed by atoms with Crippen molar-refractivity contribution in [3.63, 3.8) is 0 Å². The van der Waals surface area contributed by atoms with Gasteiger partial charge in [-0.15, -0.1) is 0 Å². The summed E-state index contributed by atoms with van der Waals surface area (Å²) in [5, 5.41) is 6.84. The Labute approximate surface area is 155 Å². The molecule has 0 aliphatic heterocycles. The zero-order valence-electron chi connectivity index (χ0n) is 12.8. The number of nitrogens with one attached hydrogen (secondary N) is 2. The molecule has 0 saturated carbocycles. The smallest absolute Gasteiger partial charge is 0.224 e. The lowest BCUT2D eigenvalue weighted by atomic mass is 10.1. The molecule has 0 spiro atoms. The molecule has 4 nitrogen and oxygen atoms in total. The number of carbonyl (C=O) groups excluding carboxylic acids is 2. The lowest BCUT2D eigenvalue weighted by Gasteiger charge is -2.10. The molecule has 24 heavy (non-hydrogen) atoms. The van der Waals surface area contributed by atoms with Crippen LogP contribution in [0.4, 0.5) is 11.4 Å². The first kappa shape index (κ1) is 18.6. The second-order valence-electron chi connectivity index (χ2n) is 5.16. The number of anilines is 2. The Morgan fingerprint density at radius 2 is 1.71 bits per heavy atom. The fourth-order valence-corrected chi connectivity index (χ4v) is 2.76. The molecule has 0 aliphatic carbocycles. The number of hydrogen-bond acceptors (Lipinski definition) is 2. The number of hydrogen-bond donors (Lipinski definition) is 2. The van der Waals surface area contributed by atoms with Crippen LogP contribution in [0.2, 0.25) is 15.1 Å². The number of rotatable bonds is 5. The Morgan fingerprint density at radius 3 is 2.38 bits per heavy atom. The van der Waals surface area contributed by atoms with Crippen LogP contribution in [0.3, 0.4) is 0 Å². The number of benzene rings is 2. The molecule has 0 aromatic heterocycles. The Balaban J connectivity index is 2.00. The largest absolute Gasteiger partial charge is 0.326 e. The van der Waals surface area contributed by atoms with Crippen LogP contribution in [0.1, 0.15) is 18.9 Å². The first-order valence-electron chi connectivity index (χ1n) is 7.16. The summed E-state index contributed by atoms with van der Waals surface area (Å²) in [4.78, 5) is 23.2. The maximum absolute atomic E-state index is 12.1. The molecule has 2 aromatic rings. The van der Waals surface area contributed by atoms with Crippen molar-refractivity contribution in [2.75, 3.05) is 10.6 Å². The molecule has 0 saturated heterocycles. The molecular formula is C17H15Cl3N2O2. The highest BCUT2D eigenvalue weighted by Crippen LogP contribution is 2.26. The Kier molecular flexibility index (Phi) is 6.49. The third-order valence-corrected chi connectivity index (χ3v) is 4.11. The van der Waals surface area contributed by atoms with Crippen LogP contribution in [-0.4, -0.2) is 11.8 Å². The van der Waals surface area contributed by atoms with E-state index in [-0.39, 0.29) is 18.2 Å². The van der Waals surface area contributed by atoms with E-state index in [0.29, 0.717) is 32.9 Å². The van der Waals surface area contributed by atoms with Crippen molar-refractivity contribution in [1.82, 2.24) is 0 Å². The summed E-state index contributed by atoms with van der Waals surface area (Å²) in [6.45, 7) is 1.41. The first-order chi connectivity index (χ1) is 11.3. The van der Waals surface area contributed by atoms with Gasteiger partial charge in [-0.05, 0) is 42.3 Å². The minimum atomic E-state index is -0.206. The monoisotopic (exact) mass is 384 g/mol. The molecule has 0 fully saturated rings. The van der Waals surface area contributed by atoms with Gasteiger partial charge in [0.05, 0.1) is 10.7 Å². The normalized spacial score (nSPS) is 10.3. The van der Waals surface area contributed by atoms with Gasteiger partial charge >= 0.3 is 0 Å². The summed E-state index contributed by atoms with van der Waals surface area (Å²) >= 11 is 18.0. The lowest BCUT2D eigenvalue weighted by Crippen LogP contribution is -2.13. The fraction of sp³-hybridized carbons (Fsp3) is 0.176. The lowest BCUT2D eigenvalue weighted by molar-refractivity contribution is -0.116. The van der Waals surface area contributed by atoms with Crippen molar-refractivity contribution in [3.8, 4) is 0 Å². The minimum Gasteiger partial charge on any atom is -0.326 e. The van der Waals surface area contributed by atoms with Crippen molar-refractivity contribution in [3.05, 3.63) is 57.0 Å². The number of aryl methyl sites for hydroxylation is 1. The van der Waals surface area contributed by atoms with Gasteiger partial charge in [-0.1, -0.05) is 40.9 Å². The Hall–Kier alpha value is -1.75. The SMILES string of the molecule is CC(=O)Nc1ccc(Cl)c(NC(=O)CCc2ccc(Cl)cc2Cl)c1. The second-order valence-corrected chi connectivity index (χ2v) is 6.41. The predicted molar refractivity (Wildman–Crippen MR) is 99.2 cm³/mol.